The highest BCUT2D eigenvalue weighted by molar-refractivity contribution is 6.50. The second kappa shape index (κ2) is 6.56. The summed E-state index contributed by atoms with van der Waals surface area (Å²) in [5.41, 5.74) is 0.210. The van der Waals surface area contributed by atoms with Crippen molar-refractivity contribution in [1.82, 2.24) is 14.5 Å². The van der Waals surface area contributed by atoms with E-state index in [4.69, 9.17) is 0 Å². The second-order valence-corrected chi connectivity index (χ2v) is 6.81. The molecule has 0 bridgehead atoms. The molecular weight excluding hydrogens is 190 g/mol. The van der Waals surface area contributed by atoms with E-state index in [9.17, 15) is 0 Å². The molecule has 0 aromatic rings. The molecule has 0 rings (SSSR count). The first-order valence-corrected chi connectivity index (χ1v) is 7.36. The number of hydrogen-bond donors (Lipinski definition) is 2. The van der Waals surface area contributed by atoms with Crippen LogP contribution in [0.5, 0.6) is 0 Å². The molecule has 14 heavy (non-hydrogen) atoms. The second-order valence-electron chi connectivity index (χ2n) is 4.58. The summed E-state index contributed by atoms with van der Waals surface area (Å²) in [4.78, 5) is 7.31. The maximum absolute atomic E-state index is 3.71. The van der Waals surface area contributed by atoms with E-state index in [2.05, 4.69) is 56.1 Å². The molecule has 0 amide bonds. The minimum atomic E-state index is -1.14. The Morgan fingerprint density at radius 2 is 1.57 bits per heavy atom. The third-order valence-corrected chi connectivity index (χ3v) is 5.54. The average Bonchev–Trinajstić information content (AvgIpc) is 2.04. The average molecular weight is 217 g/mol. The lowest BCUT2D eigenvalue weighted by molar-refractivity contribution is 0.418. The molecule has 86 valence electrons. The largest absolute Gasteiger partial charge is 0.316 e. The van der Waals surface area contributed by atoms with Gasteiger partial charge in [0.05, 0.1) is 0 Å². The van der Waals surface area contributed by atoms with Crippen LogP contribution in [0.3, 0.4) is 0 Å². The van der Waals surface area contributed by atoms with Crippen LogP contribution in [0.15, 0.2) is 0 Å². The van der Waals surface area contributed by atoms with E-state index < -0.39 is 9.28 Å². The Bertz CT molecular complexity index is 141. The smallest absolute Gasteiger partial charge is 0.267 e. The quantitative estimate of drug-likeness (QED) is 0.651. The Hall–Kier alpha value is 0.0969. The van der Waals surface area contributed by atoms with Gasteiger partial charge in [0.1, 0.15) is 0 Å². The minimum absolute atomic E-state index is 0.210. The standard InChI is InChI=1S/C10H27N3Si/c1-7-11-14(12-10(4,5)6)13(8-2)9-3/h11-12,14H,7-9H2,1-6H3. The Kier molecular flexibility index (Phi) is 6.60. The summed E-state index contributed by atoms with van der Waals surface area (Å²) in [6, 6.07) is 0. The molecule has 0 aliphatic rings. The van der Waals surface area contributed by atoms with Crippen LogP contribution >= 0.6 is 0 Å². The Morgan fingerprint density at radius 1 is 1.07 bits per heavy atom. The zero-order valence-electron chi connectivity index (χ0n) is 10.6. The monoisotopic (exact) mass is 217 g/mol. The van der Waals surface area contributed by atoms with E-state index in [1.54, 1.807) is 0 Å². The molecule has 0 aromatic heterocycles. The van der Waals surface area contributed by atoms with Crippen LogP contribution in [0.25, 0.3) is 0 Å². The Morgan fingerprint density at radius 3 is 1.86 bits per heavy atom. The van der Waals surface area contributed by atoms with Gasteiger partial charge >= 0.3 is 0 Å². The summed E-state index contributed by atoms with van der Waals surface area (Å²) in [6.07, 6.45) is 0. The van der Waals surface area contributed by atoms with Gasteiger partial charge in [-0.2, -0.15) is 0 Å². The van der Waals surface area contributed by atoms with Crippen LogP contribution in [0.1, 0.15) is 41.5 Å². The molecule has 1 atom stereocenters. The Balaban J connectivity index is 4.26. The van der Waals surface area contributed by atoms with Gasteiger partial charge in [0.15, 0.2) is 0 Å². The highest BCUT2D eigenvalue weighted by Crippen LogP contribution is 2.01. The van der Waals surface area contributed by atoms with Crippen LogP contribution in [-0.2, 0) is 0 Å². The van der Waals surface area contributed by atoms with Crippen molar-refractivity contribution in [3.05, 3.63) is 0 Å². The van der Waals surface area contributed by atoms with Crippen molar-refractivity contribution in [1.29, 1.82) is 0 Å². The van der Waals surface area contributed by atoms with Gasteiger partial charge in [-0.25, -0.2) is 0 Å². The maximum atomic E-state index is 3.71. The van der Waals surface area contributed by atoms with Crippen molar-refractivity contribution in [2.24, 2.45) is 0 Å². The Labute approximate surface area is 91.1 Å². The molecule has 0 aromatic carbocycles. The summed E-state index contributed by atoms with van der Waals surface area (Å²) < 4.78 is 2.52. The number of hydrogen-bond acceptors (Lipinski definition) is 3. The summed E-state index contributed by atoms with van der Waals surface area (Å²) in [7, 11) is -1.14. The van der Waals surface area contributed by atoms with Crippen molar-refractivity contribution >= 4 is 9.28 Å². The molecule has 4 heteroatoms. The van der Waals surface area contributed by atoms with E-state index in [0.29, 0.717) is 0 Å². The number of nitrogens with zero attached hydrogens (tertiary/aromatic N) is 1. The first kappa shape index (κ1) is 14.1. The molecule has 0 fully saturated rings. The van der Waals surface area contributed by atoms with Crippen LogP contribution < -0.4 is 9.96 Å². The molecule has 0 saturated carbocycles. The predicted molar refractivity (Wildman–Crippen MR) is 66.6 cm³/mol. The van der Waals surface area contributed by atoms with Crippen LogP contribution in [0.4, 0.5) is 0 Å². The molecule has 0 spiro atoms. The molecule has 1 unspecified atom stereocenters. The van der Waals surface area contributed by atoms with Gasteiger partial charge in [0.2, 0.25) is 0 Å². The van der Waals surface area contributed by atoms with E-state index in [-0.39, 0.29) is 5.54 Å². The molecule has 0 heterocycles. The van der Waals surface area contributed by atoms with Gasteiger partial charge in [0, 0.05) is 5.54 Å². The highest BCUT2D eigenvalue weighted by atomic mass is 28.3. The van der Waals surface area contributed by atoms with Crippen LogP contribution in [0.2, 0.25) is 0 Å². The molecule has 0 radical (unpaired) electrons. The third kappa shape index (κ3) is 5.75. The lowest BCUT2D eigenvalue weighted by atomic mass is 10.1. The minimum Gasteiger partial charge on any atom is -0.316 e. The van der Waals surface area contributed by atoms with Crippen LogP contribution in [-0.4, -0.2) is 39.0 Å². The van der Waals surface area contributed by atoms with E-state index in [1.807, 2.05) is 0 Å². The number of rotatable bonds is 6. The van der Waals surface area contributed by atoms with Gasteiger partial charge in [0.25, 0.3) is 9.28 Å². The zero-order chi connectivity index (χ0) is 11.2. The normalized spacial score (nSPS) is 14.8. The fourth-order valence-corrected chi connectivity index (χ4v) is 3.94. The maximum Gasteiger partial charge on any atom is 0.267 e. The van der Waals surface area contributed by atoms with Crippen LogP contribution in [0, 0.1) is 0 Å². The van der Waals surface area contributed by atoms with Crippen molar-refractivity contribution in [2.45, 2.75) is 47.1 Å². The van der Waals surface area contributed by atoms with Gasteiger partial charge in [-0.3, -0.25) is 0 Å². The molecule has 2 N–H and O–H groups in total. The molecule has 3 nitrogen and oxygen atoms in total. The van der Waals surface area contributed by atoms with E-state index >= 15 is 0 Å². The molecule has 0 aliphatic heterocycles. The van der Waals surface area contributed by atoms with Gasteiger partial charge in [-0.1, -0.05) is 20.8 Å². The van der Waals surface area contributed by atoms with E-state index in [0.717, 1.165) is 19.6 Å². The fourth-order valence-electron chi connectivity index (χ4n) is 1.46. The van der Waals surface area contributed by atoms with Gasteiger partial charge in [-0.15, -0.1) is 0 Å². The topological polar surface area (TPSA) is 27.3 Å². The summed E-state index contributed by atoms with van der Waals surface area (Å²) >= 11 is 0. The fraction of sp³-hybridized carbons (Fsp3) is 1.00. The first-order valence-electron chi connectivity index (χ1n) is 5.69. The summed E-state index contributed by atoms with van der Waals surface area (Å²) in [5.74, 6) is 0. The molecule has 0 aliphatic carbocycles. The van der Waals surface area contributed by atoms with Gasteiger partial charge < -0.3 is 14.5 Å². The SMILES string of the molecule is CCN[SiH](NC(C)(C)C)N(CC)CC. The van der Waals surface area contributed by atoms with Crippen molar-refractivity contribution in [3.8, 4) is 0 Å². The summed E-state index contributed by atoms with van der Waals surface area (Å²) in [5, 5.41) is 0. The van der Waals surface area contributed by atoms with Crippen molar-refractivity contribution in [2.75, 3.05) is 19.6 Å². The molecule has 0 saturated heterocycles. The first-order chi connectivity index (χ1) is 6.44. The van der Waals surface area contributed by atoms with Crippen molar-refractivity contribution < 1.29 is 0 Å². The zero-order valence-corrected chi connectivity index (χ0v) is 11.8. The van der Waals surface area contributed by atoms with Crippen molar-refractivity contribution in [3.63, 3.8) is 0 Å². The van der Waals surface area contributed by atoms with E-state index in [1.165, 1.54) is 0 Å². The molecular formula is C10H27N3Si. The lowest BCUT2D eigenvalue weighted by Gasteiger charge is -2.34. The number of nitrogens with one attached hydrogen (secondary N) is 2. The third-order valence-electron chi connectivity index (χ3n) is 2.14. The predicted octanol–water partition coefficient (Wildman–Crippen LogP) is 1.04. The van der Waals surface area contributed by atoms with Gasteiger partial charge in [-0.05, 0) is 40.4 Å². The highest BCUT2D eigenvalue weighted by Gasteiger charge is 2.22. The lowest BCUT2D eigenvalue weighted by Crippen LogP contribution is -2.64. The summed E-state index contributed by atoms with van der Waals surface area (Å²) in [6.45, 7) is 16.6.